The third-order valence-electron chi connectivity index (χ3n) is 5.25. The van der Waals surface area contributed by atoms with Gasteiger partial charge < -0.3 is 15.4 Å². The lowest BCUT2D eigenvalue weighted by Gasteiger charge is -2.30. The Hall–Kier alpha value is -2.05. The van der Waals surface area contributed by atoms with Crippen LogP contribution in [0.5, 0.6) is 0 Å². The Morgan fingerprint density at radius 3 is 2.75 bits per heavy atom. The fourth-order valence-electron chi connectivity index (χ4n) is 4.07. The molecule has 0 aromatic carbocycles. The summed E-state index contributed by atoms with van der Waals surface area (Å²) in [5.74, 6) is 1.45. The average Bonchev–Trinajstić information content (AvgIpc) is 3.02. The maximum absolute atomic E-state index is 9.82. The third-order valence-corrected chi connectivity index (χ3v) is 5.25. The molecule has 0 saturated heterocycles. The molecule has 3 aromatic rings. The van der Waals surface area contributed by atoms with Crippen LogP contribution in [0.15, 0.2) is 24.5 Å². The number of aromatic nitrogens is 4. The van der Waals surface area contributed by atoms with E-state index in [1.165, 1.54) is 12.8 Å². The highest BCUT2D eigenvalue weighted by Crippen LogP contribution is 2.37. The van der Waals surface area contributed by atoms with Crippen molar-refractivity contribution in [2.24, 2.45) is 11.7 Å². The molecular formula is C18H23N5O. The van der Waals surface area contributed by atoms with Crippen LogP contribution in [0.3, 0.4) is 0 Å². The molecule has 4 rings (SSSR count). The van der Waals surface area contributed by atoms with Gasteiger partial charge in [-0.25, -0.2) is 4.98 Å². The van der Waals surface area contributed by atoms with Crippen molar-refractivity contribution in [2.75, 3.05) is 6.54 Å². The molecule has 0 radical (unpaired) electrons. The Kier molecular flexibility index (Phi) is 4.16. The molecule has 0 atom stereocenters. The summed E-state index contributed by atoms with van der Waals surface area (Å²) in [7, 11) is 0. The van der Waals surface area contributed by atoms with E-state index in [0.29, 0.717) is 11.9 Å². The number of hydrogen-bond donors (Lipinski definition) is 2. The van der Waals surface area contributed by atoms with Gasteiger partial charge in [-0.05, 0) is 56.7 Å². The van der Waals surface area contributed by atoms with E-state index in [9.17, 15) is 5.11 Å². The van der Waals surface area contributed by atoms with Crippen LogP contribution in [0.2, 0.25) is 0 Å². The predicted octanol–water partition coefficient (Wildman–Crippen LogP) is 2.55. The highest BCUT2D eigenvalue weighted by atomic mass is 16.3. The van der Waals surface area contributed by atoms with Crippen LogP contribution in [0.25, 0.3) is 22.1 Å². The van der Waals surface area contributed by atoms with Crippen molar-refractivity contribution < 1.29 is 5.11 Å². The molecule has 1 aliphatic rings. The van der Waals surface area contributed by atoms with Crippen molar-refractivity contribution in [3.05, 3.63) is 30.4 Å². The largest absolute Gasteiger partial charge is 0.388 e. The molecule has 0 aliphatic heterocycles. The number of nitrogens with two attached hydrogens (primary N) is 1. The lowest BCUT2D eigenvalue weighted by atomic mass is 9.84. The number of pyridine rings is 2. The van der Waals surface area contributed by atoms with E-state index in [1.54, 1.807) is 12.4 Å². The minimum Gasteiger partial charge on any atom is -0.388 e. The van der Waals surface area contributed by atoms with E-state index in [1.807, 2.05) is 12.1 Å². The van der Waals surface area contributed by atoms with Gasteiger partial charge in [0.25, 0.3) is 0 Å². The molecule has 1 saturated carbocycles. The Morgan fingerprint density at radius 2 is 2.00 bits per heavy atom. The zero-order valence-electron chi connectivity index (χ0n) is 13.7. The molecule has 0 bridgehead atoms. The molecule has 0 amide bonds. The van der Waals surface area contributed by atoms with Crippen LogP contribution in [-0.2, 0) is 6.61 Å². The zero-order chi connectivity index (χ0) is 16.5. The van der Waals surface area contributed by atoms with E-state index >= 15 is 0 Å². The standard InChI is InChI=1S/C18H23N5O/c19-8-7-12-3-5-13(6-4-12)23-16(11-24)22-15-10-21-14-2-1-9-20-17(14)18(15)23/h1-2,9-10,12-13,24H,3-8,11,19H2. The normalized spacial score (nSPS) is 21.6. The van der Waals surface area contributed by atoms with Crippen molar-refractivity contribution in [1.82, 2.24) is 19.5 Å². The van der Waals surface area contributed by atoms with Gasteiger partial charge in [0.1, 0.15) is 23.5 Å². The molecule has 3 N–H and O–H groups in total. The highest BCUT2D eigenvalue weighted by molar-refractivity contribution is 5.99. The summed E-state index contributed by atoms with van der Waals surface area (Å²) in [4.78, 5) is 13.6. The molecule has 0 unspecified atom stereocenters. The van der Waals surface area contributed by atoms with Gasteiger partial charge in [0.05, 0.1) is 17.2 Å². The molecule has 1 fully saturated rings. The average molecular weight is 325 g/mol. The van der Waals surface area contributed by atoms with Gasteiger partial charge >= 0.3 is 0 Å². The van der Waals surface area contributed by atoms with Gasteiger partial charge in [-0.2, -0.15) is 0 Å². The first kappa shape index (κ1) is 15.5. The number of aliphatic hydroxyl groups is 1. The zero-order valence-corrected chi connectivity index (χ0v) is 13.7. The molecule has 126 valence electrons. The second kappa shape index (κ2) is 6.45. The number of fused-ring (bicyclic) bond motifs is 3. The fraction of sp³-hybridized carbons (Fsp3) is 0.500. The smallest absolute Gasteiger partial charge is 0.136 e. The van der Waals surface area contributed by atoms with E-state index in [4.69, 9.17) is 5.73 Å². The first-order chi connectivity index (χ1) is 11.8. The van der Waals surface area contributed by atoms with Gasteiger partial charge in [0.2, 0.25) is 0 Å². The topological polar surface area (TPSA) is 89.8 Å². The maximum Gasteiger partial charge on any atom is 0.136 e. The first-order valence-electron chi connectivity index (χ1n) is 8.73. The number of aliphatic hydroxyl groups excluding tert-OH is 1. The summed E-state index contributed by atoms with van der Waals surface area (Å²) >= 11 is 0. The molecule has 24 heavy (non-hydrogen) atoms. The number of rotatable bonds is 4. The van der Waals surface area contributed by atoms with Crippen molar-refractivity contribution in [1.29, 1.82) is 0 Å². The van der Waals surface area contributed by atoms with Gasteiger partial charge in [-0.3, -0.25) is 9.97 Å². The van der Waals surface area contributed by atoms with Crippen LogP contribution in [-0.4, -0.2) is 31.2 Å². The van der Waals surface area contributed by atoms with E-state index in [2.05, 4.69) is 19.5 Å². The number of hydrogen-bond acceptors (Lipinski definition) is 5. The Bertz CT molecular complexity index is 851. The lowest BCUT2D eigenvalue weighted by Crippen LogP contribution is -2.21. The van der Waals surface area contributed by atoms with Crippen LogP contribution < -0.4 is 5.73 Å². The van der Waals surface area contributed by atoms with Gasteiger partial charge in [-0.1, -0.05) is 0 Å². The second-order valence-electron chi connectivity index (χ2n) is 6.67. The van der Waals surface area contributed by atoms with Crippen molar-refractivity contribution in [3.8, 4) is 0 Å². The van der Waals surface area contributed by atoms with Crippen LogP contribution in [0, 0.1) is 5.92 Å². The van der Waals surface area contributed by atoms with E-state index in [-0.39, 0.29) is 6.61 Å². The fourth-order valence-corrected chi connectivity index (χ4v) is 4.07. The number of nitrogens with zero attached hydrogens (tertiary/aromatic N) is 4. The summed E-state index contributed by atoms with van der Waals surface area (Å²) in [6, 6.07) is 4.22. The summed E-state index contributed by atoms with van der Waals surface area (Å²) in [6.07, 6.45) is 9.25. The van der Waals surface area contributed by atoms with Crippen molar-refractivity contribution in [2.45, 2.75) is 44.8 Å². The first-order valence-corrected chi connectivity index (χ1v) is 8.73. The second-order valence-corrected chi connectivity index (χ2v) is 6.67. The third kappa shape index (κ3) is 2.56. The predicted molar refractivity (Wildman–Crippen MR) is 93.4 cm³/mol. The Morgan fingerprint density at radius 1 is 1.17 bits per heavy atom. The number of imidazole rings is 1. The molecule has 6 heteroatoms. The van der Waals surface area contributed by atoms with Crippen LogP contribution in [0.4, 0.5) is 0 Å². The maximum atomic E-state index is 9.82. The molecule has 6 nitrogen and oxygen atoms in total. The monoisotopic (exact) mass is 325 g/mol. The van der Waals surface area contributed by atoms with Gasteiger partial charge in [0.15, 0.2) is 0 Å². The molecule has 0 spiro atoms. The van der Waals surface area contributed by atoms with Gasteiger partial charge in [-0.15, -0.1) is 0 Å². The molecule has 1 aliphatic carbocycles. The summed E-state index contributed by atoms with van der Waals surface area (Å²) in [5, 5.41) is 9.82. The highest BCUT2D eigenvalue weighted by Gasteiger charge is 2.26. The quantitative estimate of drug-likeness (QED) is 0.769. The van der Waals surface area contributed by atoms with Gasteiger partial charge in [0, 0.05) is 12.2 Å². The van der Waals surface area contributed by atoms with Crippen LogP contribution in [0.1, 0.15) is 44.0 Å². The summed E-state index contributed by atoms with van der Waals surface area (Å²) in [5.41, 5.74) is 9.26. The molecule has 3 heterocycles. The lowest BCUT2D eigenvalue weighted by molar-refractivity contribution is 0.235. The van der Waals surface area contributed by atoms with Crippen molar-refractivity contribution in [3.63, 3.8) is 0 Å². The van der Waals surface area contributed by atoms with Crippen LogP contribution >= 0.6 is 0 Å². The van der Waals surface area contributed by atoms with Crippen molar-refractivity contribution >= 4 is 22.1 Å². The molecular weight excluding hydrogens is 302 g/mol. The van der Waals surface area contributed by atoms with E-state index < -0.39 is 0 Å². The Balaban J connectivity index is 1.80. The minimum atomic E-state index is -0.0638. The molecule has 3 aromatic heterocycles. The van der Waals surface area contributed by atoms with E-state index in [0.717, 1.165) is 53.8 Å². The summed E-state index contributed by atoms with van der Waals surface area (Å²) in [6.45, 7) is 0.706. The SMILES string of the molecule is NCCC1CCC(n2c(CO)nc3cnc4cccnc4c32)CC1. The minimum absolute atomic E-state index is 0.0638. The summed E-state index contributed by atoms with van der Waals surface area (Å²) < 4.78 is 2.21. The Labute approximate surface area is 140 Å².